The normalized spacial score (nSPS) is 8.91. The van der Waals surface area contributed by atoms with Crippen molar-refractivity contribution in [2.75, 3.05) is 0 Å². The Morgan fingerprint density at radius 1 is 0.591 bits per heavy atom. The summed E-state index contributed by atoms with van der Waals surface area (Å²) in [7, 11) is 0. The molecule has 2 aromatic heterocycles. The molecule has 3 rings (SSSR count). The molecule has 0 spiro atoms. The maximum Gasteiger partial charge on any atom is 0.0967 e. The zero-order valence-electron chi connectivity index (χ0n) is 15.4. The van der Waals surface area contributed by atoms with Crippen LogP contribution in [0.15, 0.2) is 36.7 Å². The van der Waals surface area contributed by atoms with Crippen molar-refractivity contribution in [1.82, 2.24) is 9.97 Å². The Kier molecular flexibility index (Phi) is 9.77. The number of aryl methyl sites for hydroxylation is 2. The van der Waals surface area contributed by atoms with E-state index in [4.69, 9.17) is 0 Å². The lowest BCUT2D eigenvalue weighted by Crippen LogP contribution is -1.91. The van der Waals surface area contributed by atoms with Gasteiger partial charge < -0.3 is 0 Å². The third kappa shape index (κ3) is 4.03. The van der Waals surface area contributed by atoms with Crippen LogP contribution >= 0.6 is 0 Å². The molecule has 0 aliphatic rings. The molecule has 0 aliphatic carbocycles. The summed E-state index contributed by atoms with van der Waals surface area (Å²) < 4.78 is 0. The lowest BCUT2D eigenvalue weighted by Gasteiger charge is -2.09. The summed E-state index contributed by atoms with van der Waals surface area (Å²) in [6, 6.07) is 8.17. The second-order valence-electron chi connectivity index (χ2n) is 4.05. The Hall–Kier alpha value is -1.96. The van der Waals surface area contributed by atoms with E-state index in [9.17, 15) is 0 Å². The van der Waals surface area contributed by atoms with E-state index in [1.165, 1.54) is 21.9 Å². The number of fused-ring (bicyclic) bond motifs is 3. The van der Waals surface area contributed by atoms with E-state index in [0.717, 1.165) is 11.0 Å². The van der Waals surface area contributed by atoms with Gasteiger partial charge in [0.25, 0.3) is 0 Å². The smallest absolute Gasteiger partial charge is 0.0967 e. The first-order valence-corrected chi connectivity index (χ1v) is 8.37. The Morgan fingerprint density at radius 2 is 0.909 bits per heavy atom. The van der Waals surface area contributed by atoms with Crippen LogP contribution in [-0.4, -0.2) is 9.97 Å². The van der Waals surface area contributed by atoms with Crippen molar-refractivity contribution in [3.63, 3.8) is 0 Å². The molecule has 0 bridgehead atoms. The zero-order chi connectivity index (χ0) is 17.1. The molecule has 2 heteroatoms. The number of nitrogens with zero attached hydrogens (tertiary/aromatic N) is 2. The monoisotopic (exact) mass is 298 g/mol. The highest BCUT2D eigenvalue weighted by Crippen LogP contribution is 2.28. The second kappa shape index (κ2) is 10.7. The number of pyridine rings is 2. The molecule has 0 saturated heterocycles. The van der Waals surface area contributed by atoms with Crippen LogP contribution in [0.4, 0.5) is 0 Å². The molecule has 0 atom stereocenters. The third-order valence-electron chi connectivity index (χ3n) is 3.21. The first-order chi connectivity index (χ1) is 10.8. The molecule has 0 unspecified atom stereocenters. The van der Waals surface area contributed by atoms with Gasteiger partial charge in [0.1, 0.15) is 0 Å². The van der Waals surface area contributed by atoms with Crippen molar-refractivity contribution >= 4 is 21.8 Å². The number of rotatable bonds is 0. The topological polar surface area (TPSA) is 25.8 Å². The van der Waals surface area contributed by atoms with E-state index < -0.39 is 0 Å². The number of hydrogen-bond donors (Lipinski definition) is 0. The summed E-state index contributed by atoms with van der Waals surface area (Å²) in [5, 5.41) is 2.40. The molecular weight excluding hydrogens is 268 g/mol. The summed E-state index contributed by atoms with van der Waals surface area (Å²) in [4.78, 5) is 8.90. The van der Waals surface area contributed by atoms with Gasteiger partial charge in [0.05, 0.1) is 11.0 Å². The van der Waals surface area contributed by atoms with Gasteiger partial charge in [-0.1, -0.05) is 53.7 Å². The molecule has 1 aromatic carbocycles. The first-order valence-electron chi connectivity index (χ1n) is 8.37. The number of benzene rings is 1. The summed E-state index contributed by atoms with van der Waals surface area (Å²) in [6.45, 7) is 16.3. The third-order valence-corrected chi connectivity index (χ3v) is 3.21. The fraction of sp³-hybridized carbons (Fsp3) is 0.400. The van der Waals surface area contributed by atoms with Crippen LogP contribution in [0, 0.1) is 13.8 Å². The highest BCUT2D eigenvalue weighted by atomic mass is 14.7. The standard InChI is InChI=1S/C14H12N2.3C2H6/c1-9-10(2)12-6-4-8-16-14(12)13-11(9)5-3-7-15-13;3*1-2/h3-8H,1-2H3;3*1-2H3. The largest absolute Gasteiger partial charge is 0.254 e. The molecule has 3 aromatic rings. The molecule has 0 radical (unpaired) electrons. The Labute approximate surface area is 135 Å². The summed E-state index contributed by atoms with van der Waals surface area (Å²) in [5.74, 6) is 0. The minimum Gasteiger partial charge on any atom is -0.254 e. The highest BCUT2D eigenvalue weighted by Gasteiger charge is 2.08. The minimum atomic E-state index is 1.00. The molecule has 0 saturated carbocycles. The van der Waals surface area contributed by atoms with Crippen LogP contribution in [0.1, 0.15) is 52.7 Å². The molecule has 22 heavy (non-hydrogen) atoms. The number of aromatic nitrogens is 2. The van der Waals surface area contributed by atoms with Crippen LogP contribution in [0.25, 0.3) is 21.8 Å². The van der Waals surface area contributed by atoms with E-state index >= 15 is 0 Å². The van der Waals surface area contributed by atoms with E-state index in [2.05, 4.69) is 35.9 Å². The van der Waals surface area contributed by atoms with Crippen molar-refractivity contribution in [3.05, 3.63) is 47.8 Å². The molecule has 0 aliphatic heterocycles. The fourth-order valence-electron chi connectivity index (χ4n) is 2.20. The van der Waals surface area contributed by atoms with E-state index in [0.29, 0.717) is 0 Å². The second-order valence-corrected chi connectivity index (χ2v) is 4.05. The van der Waals surface area contributed by atoms with Gasteiger partial charge in [-0.05, 0) is 37.1 Å². The van der Waals surface area contributed by atoms with Crippen molar-refractivity contribution in [2.45, 2.75) is 55.4 Å². The van der Waals surface area contributed by atoms with Gasteiger partial charge in [-0.3, -0.25) is 9.97 Å². The average molecular weight is 298 g/mol. The van der Waals surface area contributed by atoms with Gasteiger partial charge >= 0.3 is 0 Å². The lowest BCUT2D eigenvalue weighted by molar-refractivity contribution is 1.33. The number of hydrogen-bond acceptors (Lipinski definition) is 2. The summed E-state index contributed by atoms with van der Waals surface area (Å²) in [6.07, 6.45) is 3.65. The fourth-order valence-corrected chi connectivity index (χ4v) is 2.20. The molecule has 120 valence electrons. The maximum absolute atomic E-state index is 4.45. The molecule has 0 N–H and O–H groups in total. The van der Waals surface area contributed by atoms with Crippen molar-refractivity contribution in [3.8, 4) is 0 Å². The van der Waals surface area contributed by atoms with Crippen LogP contribution in [-0.2, 0) is 0 Å². The Balaban J connectivity index is 0.000000661. The molecule has 0 fully saturated rings. The summed E-state index contributed by atoms with van der Waals surface area (Å²) in [5.41, 5.74) is 4.59. The van der Waals surface area contributed by atoms with Crippen LogP contribution in [0.2, 0.25) is 0 Å². The van der Waals surface area contributed by atoms with Gasteiger partial charge in [-0.2, -0.15) is 0 Å². The summed E-state index contributed by atoms with van der Waals surface area (Å²) >= 11 is 0. The van der Waals surface area contributed by atoms with Gasteiger partial charge in [0.2, 0.25) is 0 Å². The van der Waals surface area contributed by atoms with Gasteiger partial charge in [-0.15, -0.1) is 0 Å². The minimum absolute atomic E-state index is 1.00. The van der Waals surface area contributed by atoms with Crippen molar-refractivity contribution in [2.24, 2.45) is 0 Å². The predicted octanol–water partition coefficient (Wildman–Crippen LogP) is 6.48. The van der Waals surface area contributed by atoms with Crippen LogP contribution in [0.3, 0.4) is 0 Å². The predicted molar refractivity (Wildman–Crippen MR) is 101 cm³/mol. The maximum atomic E-state index is 4.45. The Morgan fingerprint density at radius 3 is 1.23 bits per heavy atom. The molecule has 2 heterocycles. The zero-order valence-corrected chi connectivity index (χ0v) is 15.4. The highest BCUT2D eigenvalue weighted by molar-refractivity contribution is 6.06. The van der Waals surface area contributed by atoms with Crippen LogP contribution < -0.4 is 0 Å². The Bertz CT molecular complexity index is 627. The molecular formula is C20H30N2. The quantitative estimate of drug-likeness (QED) is 0.444. The van der Waals surface area contributed by atoms with Crippen LogP contribution in [0.5, 0.6) is 0 Å². The van der Waals surface area contributed by atoms with Crippen molar-refractivity contribution in [1.29, 1.82) is 0 Å². The average Bonchev–Trinajstić information content (AvgIpc) is 2.65. The van der Waals surface area contributed by atoms with Gasteiger partial charge in [0.15, 0.2) is 0 Å². The lowest BCUT2D eigenvalue weighted by atomic mass is 9.99. The SMILES string of the molecule is CC.CC.CC.Cc1c(C)c2cccnc2c2ncccc12. The van der Waals surface area contributed by atoms with Gasteiger partial charge in [0, 0.05) is 23.2 Å². The van der Waals surface area contributed by atoms with E-state index in [-0.39, 0.29) is 0 Å². The van der Waals surface area contributed by atoms with Gasteiger partial charge in [-0.25, -0.2) is 0 Å². The first kappa shape index (κ1) is 20.0. The molecule has 0 amide bonds. The van der Waals surface area contributed by atoms with E-state index in [1.54, 1.807) is 0 Å². The molecule has 2 nitrogen and oxygen atoms in total. The van der Waals surface area contributed by atoms with Crippen molar-refractivity contribution < 1.29 is 0 Å². The van der Waals surface area contributed by atoms with E-state index in [1.807, 2.05) is 66.1 Å².